The molecule has 2 aliphatic rings. The lowest BCUT2D eigenvalue weighted by molar-refractivity contribution is -0.122. The van der Waals surface area contributed by atoms with Gasteiger partial charge in [0.1, 0.15) is 0 Å². The van der Waals surface area contributed by atoms with E-state index >= 15 is 0 Å². The van der Waals surface area contributed by atoms with Crippen molar-refractivity contribution in [2.75, 3.05) is 16.2 Å². The number of ketones is 1. The predicted molar refractivity (Wildman–Crippen MR) is 112 cm³/mol. The van der Waals surface area contributed by atoms with Crippen molar-refractivity contribution in [3.8, 4) is 0 Å². The number of hydrogen-bond acceptors (Lipinski definition) is 4. The molecule has 0 radical (unpaired) electrons. The summed E-state index contributed by atoms with van der Waals surface area (Å²) in [5.74, 6) is 0.0340. The van der Waals surface area contributed by atoms with Crippen LogP contribution in [-0.4, -0.2) is 26.7 Å². The van der Waals surface area contributed by atoms with Crippen LogP contribution in [0.15, 0.2) is 47.4 Å². The first-order chi connectivity index (χ1) is 13.8. The standard InChI is InChI=1S/C22H24N2O4S/c1-15(25)18-7-4-8-20(13-18)29(27,28)23-19-10-9-16-11-12-24(21(16)14-19)22(26)17-5-2-3-6-17/h4,7-10,13-14,17,23H,2-3,5-6,11-12H2,1H3. The van der Waals surface area contributed by atoms with E-state index in [1.807, 2.05) is 6.07 Å². The minimum absolute atomic E-state index is 0.0320. The molecule has 0 aromatic heterocycles. The highest BCUT2D eigenvalue weighted by Crippen LogP contribution is 2.35. The van der Waals surface area contributed by atoms with Crippen LogP contribution in [0, 0.1) is 5.92 Å². The van der Waals surface area contributed by atoms with E-state index in [1.54, 1.807) is 29.2 Å². The van der Waals surface area contributed by atoms with Crippen molar-refractivity contribution in [3.05, 3.63) is 53.6 Å². The minimum Gasteiger partial charge on any atom is -0.312 e. The summed E-state index contributed by atoms with van der Waals surface area (Å²) in [6.07, 6.45) is 4.83. The van der Waals surface area contributed by atoms with Crippen molar-refractivity contribution in [1.29, 1.82) is 0 Å². The summed E-state index contributed by atoms with van der Waals surface area (Å²) in [5, 5.41) is 0. The molecule has 0 atom stereocenters. The number of sulfonamides is 1. The van der Waals surface area contributed by atoms with Gasteiger partial charge in [0.2, 0.25) is 5.91 Å². The van der Waals surface area contributed by atoms with Crippen LogP contribution >= 0.6 is 0 Å². The first-order valence-corrected chi connectivity index (χ1v) is 11.4. The summed E-state index contributed by atoms with van der Waals surface area (Å²) in [5.41, 5.74) is 2.59. The third-order valence-electron chi connectivity index (χ3n) is 5.75. The van der Waals surface area contributed by atoms with E-state index in [0.717, 1.165) is 43.4 Å². The van der Waals surface area contributed by atoms with E-state index in [1.165, 1.54) is 19.1 Å². The molecule has 7 heteroatoms. The maximum absolute atomic E-state index is 12.9. The second-order valence-electron chi connectivity index (χ2n) is 7.75. The zero-order valence-electron chi connectivity index (χ0n) is 16.3. The van der Waals surface area contributed by atoms with Crippen LogP contribution in [0.2, 0.25) is 0 Å². The van der Waals surface area contributed by atoms with Gasteiger partial charge in [-0.2, -0.15) is 0 Å². The molecule has 1 aliphatic carbocycles. The van der Waals surface area contributed by atoms with E-state index in [2.05, 4.69) is 4.72 Å². The number of benzene rings is 2. The molecule has 0 bridgehead atoms. The Balaban J connectivity index is 1.59. The molecule has 1 heterocycles. The summed E-state index contributed by atoms with van der Waals surface area (Å²) >= 11 is 0. The lowest BCUT2D eigenvalue weighted by Gasteiger charge is -2.22. The Morgan fingerprint density at radius 2 is 1.83 bits per heavy atom. The van der Waals surface area contributed by atoms with E-state index in [4.69, 9.17) is 0 Å². The number of Topliss-reactive ketones (excluding diaryl/α,β-unsaturated/α-hetero) is 1. The molecule has 1 fully saturated rings. The number of carbonyl (C=O) groups is 2. The molecule has 1 amide bonds. The SMILES string of the molecule is CC(=O)c1cccc(S(=O)(=O)Nc2ccc3c(c2)N(C(=O)C2CCCC2)CC3)c1. The Bertz CT molecular complexity index is 1070. The molecule has 0 unspecified atom stereocenters. The van der Waals surface area contributed by atoms with Crippen molar-refractivity contribution in [1.82, 2.24) is 0 Å². The predicted octanol–water partition coefficient (Wildman–Crippen LogP) is 3.77. The molecule has 29 heavy (non-hydrogen) atoms. The lowest BCUT2D eigenvalue weighted by atomic mass is 10.1. The van der Waals surface area contributed by atoms with Crippen LogP contribution in [0.25, 0.3) is 0 Å². The maximum Gasteiger partial charge on any atom is 0.261 e. The van der Waals surface area contributed by atoms with Gasteiger partial charge in [0.15, 0.2) is 5.78 Å². The molecule has 0 saturated heterocycles. The van der Waals surface area contributed by atoms with E-state index in [0.29, 0.717) is 17.8 Å². The highest BCUT2D eigenvalue weighted by molar-refractivity contribution is 7.92. The molecule has 6 nitrogen and oxygen atoms in total. The summed E-state index contributed by atoms with van der Waals surface area (Å²) in [4.78, 5) is 26.3. The fraction of sp³-hybridized carbons (Fsp3) is 0.364. The van der Waals surface area contributed by atoms with Crippen molar-refractivity contribution in [2.45, 2.75) is 43.9 Å². The van der Waals surface area contributed by atoms with Crippen molar-refractivity contribution in [2.24, 2.45) is 5.92 Å². The van der Waals surface area contributed by atoms with Crippen molar-refractivity contribution < 1.29 is 18.0 Å². The van der Waals surface area contributed by atoms with Gasteiger partial charge in [0.05, 0.1) is 10.6 Å². The lowest BCUT2D eigenvalue weighted by Crippen LogP contribution is -2.33. The monoisotopic (exact) mass is 412 g/mol. The van der Waals surface area contributed by atoms with Crippen molar-refractivity contribution in [3.63, 3.8) is 0 Å². The maximum atomic E-state index is 12.9. The normalized spacial score (nSPS) is 16.7. The van der Waals surface area contributed by atoms with Gasteiger partial charge in [-0.3, -0.25) is 14.3 Å². The smallest absolute Gasteiger partial charge is 0.261 e. The summed E-state index contributed by atoms with van der Waals surface area (Å²) in [6, 6.07) is 11.3. The number of fused-ring (bicyclic) bond motifs is 1. The molecule has 1 aliphatic heterocycles. The topological polar surface area (TPSA) is 83.6 Å². The molecule has 0 spiro atoms. The van der Waals surface area contributed by atoms with Crippen molar-refractivity contribution >= 4 is 33.1 Å². The Kier molecular flexibility index (Phi) is 5.17. The Morgan fingerprint density at radius 3 is 2.55 bits per heavy atom. The molecule has 2 aromatic rings. The number of hydrogen-bond donors (Lipinski definition) is 1. The van der Waals surface area contributed by atoms with Crippen LogP contribution in [-0.2, 0) is 21.2 Å². The number of nitrogens with zero attached hydrogens (tertiary/aromatic N) is 1. The second-order valence-corrected chi connectivity index (χ2v) is 9.44. The Labute approximate surface area is 171 Å². The Hall–Kier alpha value is -2.67. The van der Waals surface area contributed by atoms with Crippen LogP contribution < -0.4 is 9.62 Å². The van der Waals surface area contributed by atoms with Gasteiger partial charge in [0, 0.05) is 23.7 Å². The average Bonchev–Trinajstić information content (AvgIpc) is 3.37. The molecule has 1 N–H and O–H groups in total. The summed E-state index contributed by atoms with van der Waals surface area (Å²) in [7, 11) is -3.85. The molecular weight excluding hydrogens is 388 g/mol. The molecule has 1 saturated carbocycles. The van der Waals surface area contributed by atoms with Crippen LogP contribution in [0.4, 0.5) is 11.4 Å². The highest BCUT2D eigenvalue weighted by atomic mass is 32.2. The third-order valence-corrected chi connectivity index (χ3v) is 7.13. The molecular formula is C22H24N2O4S. The number of nitrogens with one attached hydrogen (secondary N) is 1. The largest absolute Gasteiger partial charge is 0.312 e. The van der Waals surface area contributed by atoms with Gasteiger partial charge < -0.3 is 4.90 Å². The first kappa shape index (κ1) is 19.6. The Morgan fingerprint density at radius 1 is 1.07 bits per heavy atom. The fourth-order valence-corrected chi connectivity index (χ4v) is 5.26. The van der Waals surface area contributed by atoms with Crippen LogP contribution in [0.1, 0.15) is 48.5 Å². The van der Waals surface area contributed by atoms with Gasteiger partial charge in [-0.15, -0.1) is 0 Å². The zero-order valence-corrected chi connectivity index (χ0v) is 17.2. The van der Waals surface area contributed by atoms with Gasteiger partial charge in [0.25, 0.3) is 10.0 Å². The van der Waals surface area contributed by atoms with Gasteiger partial charge in [-0.25, -0.2) is 8.42 Å². The zero-order chi connectivity index (χ0) is 20.6. The fourth-order valence-electron chi connectivity index (χ4n) is 4.16. The molecule has 152 valence electrons. The third kappa shape index (κ3) is 3.92. The first-order valence-electron chi connectivity index (χ1n) is 9.93. The molecule has 2 aromatic carbocycles. The van der Waals surface area contributed by atoms with Crippen LogP contribution in [0.5, 0.6) is 0 Å². The van der Waals surface area contributed by atoms with E-state index < -0.39 is 10.0 Å². The number of amides is 1. The number of carbonyl (C=O) groups excluding carboxylic acids is 2. The van der Waals surface area contributed by atoms with Gasteiger partial charge >= 0.3 is 0 Å². The van der Waals surface area contributed by atoms with Gasteiger partial charge in [-0.1, -0.05) is 31.0 Å². The quantitative estimate of drug-likeness (QED) is 0.758. The number of anilines is 2. The van der Waals surface area contributed by atoms with Crippen LogP contribution in [0.3, 0.4) is 0 Å². The highest BCUT2D eigenvalue weighted by Gasteiger charge is 2.32. The van der Waals surface area contributed by atoms with Gasteiger partial charge in [-0.05, 0) is 56.0 Å². The molecule has 4 rings (SSSR count). The number of rotatable bonds is 5. The van der Waals surface area contributed by atoms with E-state index in [9.17, 15) is 18.0 Å². The second kappa shape index (κ2) is 7.63. The average molecular weight is 413 g/mol. The minimum atomic E-state index is -3.85. The van der Waals surface area contributed by atoms with E-state index in [-0.39, 0.29) is 22.5 Å². The summed E-state index contributed by atoms with van der Waals surface area (Å²) in [6.45, 7) is 2.04. The summed E-state index contributed by atoms with van der Waals surface area (Å²) < 4.78 is 28.2.